The van der Waals surface area contributed by atoms with Crippen LogP contribution >= 0.6 is 11.6 Å². The molecule has 1 aromatic rings. The van der Waals surface area contributed by atoms with Crippen LogP contribution in [0.5, 0.6) is 5.75 Å². The molecule has 1 fully saturated rings. The molecule has 3 atom stereocenters. The van der Waals surface area contributed by atoms with E-state index in [0.29, 0.717) is 6.42 Å². The van der Waals surface area contributed by atoms with E-state index in [4.69, 9.17) is 21.1 Å². The van der Waals surface area contributed by atoms with Crippen LogP contribution in [0.2, 0.25) is 5.02 Å². The summed E-state index contributed by atoms with van der Waals surface area (Å²) in [4.78, 5) is 0. The maximum atomic E-state index is 13.4. The maximum Gasteiger partial charge on any atom is 0.174 e. The summed E-state index contributed by atoms with van der Waals surface area (Å²) in [5.74, 6) is -0.494. The Hall–Kier alpha value is -0.840. The number of hydrogen-bond donors (Lipinski definition) is 1. The Bertz CT molecular complexity index is 365. The van der Waals surface area contributed by atoms with E-state index in [1.54, 1.807) is 6.07 Å². The summed E-state index contributed by atoms with van der Waals surface area (Å²) in [5, 5.41) is 9.58. The van der Waals surface area contributed by atoms with E-state index in [0.717, 1.165) is 0 Å². The topological polar surface area (TPSA) is 38.7 Å². The molecule has 5 heteroatoms. The number of ether oxygens (including phenoxy) is 2. The van der Waals surface area contributed by atoms with Crippen LogP contribution in [-0.2, 0) is 4.74 Å². The normalized spacial score (nSPS) is 28.6. The average Bonchev–Trinajstić information content (AvgIpc) is 2.22. The van der Waals surface area contributed by atoms with E-state index in [9.17, 15) is 9.50 Å². The largest absolute Gasteiger partial charge is 0.483 e. The summed E-state index contributed by atoms with van der Waals surface area (Å²) in [5.41, 5.74) is 0. The molecule has 2 rings (SSSR count). The quantitative estimate of drug-likeness (QED) is 0.887. The second kappa shape index (κ2) is 4.57. The highest BCUT2D eigenvalue weighted by Gasteiger charge is 2.42. The molecule has 3 unspecified atom stereocenters. The van der Waals surface area contributed by atoms with E-state index in [2.05, 4.69) is 0 Å². The number of benzene rings is 1. The van der Waals surface area contributed by atoms with Crippen LogP contribution in [0.15, 0.2) is 18.2 Å². The number of halogens is 2. The molecule has 0 aromatic heterocycles. The zero-order valence-corrected chi connectivity index (χ0v) is 9.45. The fourth-order valence-corrected chi connectivity index (χ4v) is 1.94. The van der Waals surface area contributed by atoms with Gasteiger partial charge in [0.2, 0.25) is 0 Å². The highest BCUT2D eigenvalue weighted by molar-refractivity contribution is 6.32. The minimum atomic E-state index is -0.555. The molecule has 0 saturated heterocycles. The van der Waals surface area contributed by atoms with Crippen molar-refractivity contribution >= 4 is 11.6 Å². The average molecular weight is 247 g/mol. The van der Waals surface area contributed by atoms with E-state index in [1.165, 1.54) is 19.2 Å². The van der Waals surface area contributed by atoms with Crippen molar-refractivity contribution in [3.05, 3.63) is 29.0 Å². The van der Waals surface area contributed by atoms with Gasteiger partial charge in [0, 0.05) is 13.5 Å². The Labute approximate surface area is 97.7 Å². The lowest BCUT2D eigenvalue weighted by Gasteiger charge is -2.40. The Morgan fingerprint density at radius 1 is 1.50 bits per heavy atom. The van der Waals surface area contributed by atoms with E-state index >= 15 is 0 Å². The van der Waals surface area contributed by atoms with Crippen molar-refractivity contribution < 1.29 is 19.0 Å². The van der Waals surface area contributed by atoms with Crippen LogP contribution < -0.4 is 4.74 Å². The van der Waals surface area contributed by atoms with E-state index < -0.39 is 18.0 Å². The van der Waals surface area contributed by atoms with Crippen molar-refractivity contribution in [3.8, 4) is 5.75 Å². The molecule has 3 nitrogen and oxygen atoms in total. The number of aliphatic hydroxyl groups excluding tert-OH is 1. The molecule has 0 bridgehead atoms. The Morgan fingerprint density at radius 2 is 2.25 bits per heavy atom. The number of aliphatic hydroxyl groups is 1. The molecular formula is C11H12ClFO3. The van der Waals surface area contributed by atoms with Crippen LogP contribution in [0.4, 0.5) is 4.39 Å². The number of rotatable bonds is 3. The zero-order chi connectivity index (χ0) is 11.7. The van der Waals surface area contributed by atoms with Crippen LogP contribution in [0.25, 0.3) is 0 Å². The van der Waals surface area contributed by atoms with Crippen LogP contribution in [0.3, 0.4) is 0 Å². The molecule has 0 heterocycles. The lowest BCUT2D eigenvalue weighted by Crippen LogP contribution is -2.54. The first-order valence-electron chi connectivity index (χ1n) is 4.95. The molecule has 1 aromatic carbocycles. The second-order valence-corrected chi connectivity index (χ2v) is 4.12. The number of methoxy groups -OCH3 is 1. The van der Waals surface area contributed by atoms with Gasteiger partial charge in [-0.3, -0.25) is 0 Å². The SMILES string of the molecule is COC1C(O)CC1Oc1c(F)cccc1Cl. The van der Waals surface area contributed by atoms with E-state index in [-0.39, 0.29) is 16.9 Å². The number of hydrogen-bond acceptors (Lipinski definition) is 3. The molecule has 0 amide bonds. The fraction of sp³-hybridized carbons (Fsp3) is 0.455. The van der Waals surface area contributed by atoms with E-state index in [1.807, 2.05) is 0 Å². The van der Waals surface area contributed by atoms with Gasteiger partial charge < -0.3 is 14.6 Å². The van der Waals surface area contributed by atoms with Gasteiger partial charge in [-0.25, -0.2) is 4.39 Å². The Balaban J connectivity index is 2.10. The predicted octanol–water partition coefficient (Wildman–Crippen LogP) is 2.01. The molecule has 88 valence electrons. The molecule has 0 spiro atoms. The molecule has 1 aliphatic carbocycles. The fourth-order valence-electron chi connectivity index (χ4n) is 1.73. The van der Waals surface area contributed by atoms with Gasteiger partial charge >= 0.3 is 0 Å². The van der Waals surface area contributed by atoms with Gasteiger partial charge in [0.05, 0.1) is 11.1 Å². The third-order valence-electron chi connectivity index (χ3n) is 2.68. The minimum Gasteiger partial charge on any atom is -0.483 e. The van der Waals surface area contributed by atoms with Crippen molar-refractivity contribution in [2.24, 2.45) is 0 Å². The summed E-state index contributed by atoms with van der Waals surface area (Å²) in [6.45, 7) is 0. The summed E-state index contributed by atoms with van der Waals surface area (Å²) in [6.07, 6.45) is -0.908. The van der Waals surface area contributed by atoms with Crippen LogP contribution in [0, 0.1) is 5.82 Å². The highest BCUT2D eigenvalue weighted by atomic mass is 35.5. The van der Waals surface area contributed by atoms with Gasteiger partial charge in [0.25, 0.3) is 0 Å². The zero-order valence-electron chi connectivity index (χ0n) is 8.69. The Kier molecular flexibility index (Phi) is 3.33. The summed E-state index contributed by atoms with van der Waals surface area (Å²) >= 11 is 5.81. The first-order valence-corrected chi connectivity index (χ1v) is 5.33. The summed E-state index contributed by atoms with van der Waals surface area (Å²) in [7, 11) is 1.48. The van der Waals surface area contributed by atoms with Crippen molar-refractivity contribution in [3.63, 3.8) is 0 Å². The first-order chi connectivity index (χ1) is 7.63. The van der Waals surface area contributed by atoms with Crippen molar-refractivity contribution in [2.75, 3.05) is 7.11 Å². The number of para-hydroxylation sites is 1. The molecule has 16 heavy (non-hydrogen) atoms. The minimum absolute atomic E-state index is 0.0168. The predicted molar refractivity (Wildman–Crippen MR) is 57.2 cm³/mol. The third kappa shape index (κ3) is 2.00. The second-order valence-electron chi connectivity index (χ2n) is 3.71. The molecule has 0 radical (unpaired) electrons. The molecule has 1 saturated carbocycles. The van der Waals surface area contributed by atoms with Gasteiger partial charge in [-0.1, -0.05) is 17.7 Å². The standard InChI is InChI=1S/C11H12ClFO3/c1-15-11-8(14)5-9(11)16-10-6(12)3-2-4-7(10)13/h2-4,8-9,11,14H,5H2,1H3. The van der Waals surface area contributed by atoms with Crippen molar-refractivity contribution in [2.45, 2.75) is 24.7 Å². The summed E-state index contributed by atoms with van der Waals surface area (Å²) in [6, 6.07) is 4.34. The molecule has 1 N–H and O–H groups in total. The highest BCUT2D eigenvalue weighted by Crippen LogP contribution is 2.33. The lowest BCUT2D eigenvalue weighted by molar-refractivity contribution is -0.149. The van der Waals surface area contributed by atoms with Gasteiger partial charge in [0.1, 0.15) is 12.2 Å². The Morgan fingerprint density at radius 3 is 2.81 bits per heavy atom. The monoisotopic (exact) mass is 246 g/mol. The smallest absolute Gasteiger partial charge is 0.174 e. The van der Waals surface area contributed by atoms with Gasteiger partial charge in [-0.2, -0.15) is 0 Å². The van der Waals surface area contributed by atoms with Gasteiger partial charge in [-0.15, -0.1) is 0 Å². The van der Waals surface area contributed by atoms with Crippen molar-refractivity contribution in [1.29, 1.82) is 0 Å². The first kappa shape index (κ1) is 11.6. The van der Waals surface area contributed by atoms with Crippen molar-refractivity contribution in [1.82, 2.24) is 0 Å². The molecular weight excluding hydrogens is 235 g/mol. The third-order valence-corrected chi connectivity index (χ3v) is 2.98. The lowest BCUT2D eigenvalue weighted by atomic mass is 9.88. The van der Waals surface area contributed by atoms with Crippen LogP contribution in [0.1, 0.15) is 6.42 Å². The summed E-state index contributed by atoms with van der Waals surface area (Å²) < 4.78 is 23.8. The van der Waals surface area contributed by atoms with Gasteiger partial charge in [-0.05, 0) is 12.1 Å². The maximum absolute atomic E-state index is 13.4. The molecule has 0 aliphatic heterocycles. The molecule has 1 aliphatic rings. The van der Waals surface area contributed by atoms with Crippen LogP contribution in [-0.4, -0.2) is 30.5 Å². The van der Waals surface area contributed by atoms with Gasteiger partial charge in [0.15, 0.2) is 11.6 Å².